The van der Waals surface area contributed by atoms with Crippen LogP contribution < -0.4 is 0 Å². The number of hydrogen-bond donors (Lipinski definition) is 1. The molecule has 1 aliphatic rings. The summed E-state index contributed by atoms with van der Waals surface area (Å²) < 4.78 is 0. The van der Waals surface area contributed by atoms with Gasteiger partial charge in [0.25, 0.3) is 0 Å². The number of β-amino-alcohol motifs (C(OH)–C–C–N with tert-alkyl or cyclic N) is 1. The Morgan fingerprint density at radius 3 is 2.37 bits per heavy atom. The number of aliphatic hydroxyl groups is 1. The van der Waals surface area contributed by atoms with Gasteiger partial charge < -0.3 is 5.11 Å². The van der Waals surface area contributed by atoms with Gasteiger partial charge in [0.2, 0.25) is 0 Å². The van der Waals surface area contributed by atoms with Crippen LogP contribution in [0.1, 0.15) is 63.2 Å². The molecule has 0 amide bonds. The van der Waals surface area contributed by atoms with E-state index in [2.05, 4.69) is 49.9 Å². The van der Waals surface area contributed by atoms with Crippen LogP contribution in [0.15, 0.2) is 24.3 Å². The van der Waals surface area contributed by atoms with Crippen molar-refractivity contribution in [2.24, 2.45) is 0 Å². The zero-order valence-corrected chi connectivity index (χ0v) is 12.5. The van der Waals surface area contributed by atoms with Crippen LogP contribution in [-0.2, 0) is 0 Å². The normalized spacial score (nSPS) is 22.7. The summed E-state index contributed by atoms with van der Waals surface area (Å²) in [5, 5.41) is 10.4. The fourth-order valence-electron chi connectivity index (χ4n) is 2.86. The number of nitrogens with zero attached hydrogens (tertiary/aromatic N) is 1. The second kappa shape index (κ2) is 6.53. The van der Waals surface area contributed by atoms with E-state index in [1.165, 1.54) is 24.8 Å². The van der Waals surface area contributed by atoms with Gasteiger partial charge in [0.1, 0.15) is 0 Å². The van der Waals surface area contributed by atoms with E-state index in [1.807, 2.05) is 0 Å². The molecule has 0 aliphatic carbocycles. The average Bonchev–Trinajstić information content (AvgIpc) is 2.41. The smallest absolute Gasteiger partial charge is 0.0917 e. The molecule has 1 aromatic rings. The number of piperidine rings is 1. The molecule has 2 unspecified atom stereocenters. The minimum atomic E-state index is -0.359. The van der Waals surface area contributed by atoms with E-state index < -0.39 is 0 Å². The Morgan fingerprint density at radius 1 is 1.16 bits per heavy atom. The second-order valence-electron chi connectivity index (χ2n) is 6.18. The molecule has 2 rings (SSSR count). The first kappa shape index (κ1) is 14.5. The number of benzene rings is 1. The summed E-state index contributed by atoms with van der Waals surface area (Å²) in [7, 11) is 0. The summed E-state index contributed by atoms with van der Waals surface area (Å²) in [5.74, 6) is 0.549. The van der Waals surface area contributed by atoms with Crippen LogP contribution in [0.4, 0.5) is 0 Å². The van der Waals surface area contributed by atoms with Crippen LogP contribution in [0.25, 0.3) is 0 Å². The van der Waals surface area contributed by atoms with Crippen molar-refractivity contribution in [3.63, 3.8) is 0 Å². The lowest BCUT2D eigenvalue weighted by atomic mass is 9.98. The first-order valence-corrected chi connectivity index (χ1v) is 7.60. The first-order chi connectivity index (χ1) is 9.08. The summed E-state index contributed by atoms with van der Waals surface area (Å²) in [6, 6.07) is 9.05. The van der Waals surface area contributed by atoms with Gasteiger partial charge in [-0.2, -0.15) is 0 Å². The first-order valence-electron chi connectivity index (χ1n) is 7.60. The highest BCUT2D eigenvalue weighted by molar-refractivity contribution is 5.26. The molecule has 2 heteroatoms. The maximum atomic E-state index is 10.4. The molecule has 19 heavy (non-hydrogen) atoms. The number of aliphatic hydroxyl groups excluding tert-OH is 1. The molecule has 1 N–H and O–H groups in total. The van der Waals surface area contributed by atoms with Gasteiger partial charge in [-0.25, -0.2) is 0 Å². The Balaban J connectivity index is 1.97. The van der Waals surface area contributed by atoms with E-state index in [4.69, 9.17) is 0 Å². The Morgan fingerprint density at radius 2 is 1.79 bits per heavy atom. The lowest BCUT2D eigenvalue weighted by Gasteiger charge is -2.34. The maximum absolute atomic E-state index is 10.4. The Bertz CT molecular complexity index is 385. The van der Waals surface area contributed by atoms with Gasteiger partial charge in [-0.15, -0.1) is 0 Å². The molecular weight excluding hydrogens is 234 g/mol. The highest BCUT2D eigenvalue weighted by atomic mass is 16.3. The van der Waals surface area contributed by atoms with Crippen molar-refractivity contribution in [1.29, 1.82) is 0 Å². The van der Waals surface area contributed by atoms with Gasteiger partial charge in [-0.05, 0) is 43.4 Å². The van der Waals surface area contributed by atoms with Crippen molar-refractivity contribution in [2.75, 3.05) is 13.1 Å². The second-order valence-corrected chi connectivity index (χ2v) is 6.18. The van der Waals surface area contributed by atoms with Gasteiger partial charge in [-0.3, -0.25) is 4.90 Å². The third-order valence-corrected chi connectivity index (χ3v) is 4.34. The minimum Gasteiger partial charge on any atom is -0.387 e. The van der Waals surface area contributed by atoms with Crippen LogP contribution in [-0.4, -0.2) is 29.1 Å². The summed E-state index contributed by atoms with van der Waals surface area (Å²) >= 11 is 0. The molecule has 0 bridgehead atoms. The van der Waals surface area contributed by atoms with E-state index in [0.717, 1.165) is 18.7 Å². The van der Waals surface area contributed by atoms with Crippen molar-refractivity contribution in [2.45, 2.75) is 58.1 Å². The number of hydrogen-bond acceptors (Lipinski definition) is 2. The van der Waals surface area contributed by atoms with Crippen LogP contribution in [0.2, 0.25) is 0 Å². The van der Waals surface area contributed by atoms with Crippen molar-refractivity contribution in [1.82, 2.24) is 4.90 Å². The van der Waals surface area contributed by atoms with E-state index in [0.29, 0.717) is 12.0 Å². The SMILES string of the molecule is CC(C)c1ccc(C(O)CN2CCCCC2C)cc1. The quantitative estimate of drug-likeness (QED) is 0.893. The molecule has 0 aromatic heterocycles. The van der Waals surface area contributed by atoms with Crippen LogP contribution in [0.3, 0.4) is 0 Å². The van der Waals surface area contributed by atoms with Gasteiger partial charge in [0.05, 0.1) is 6.10 Å². The predicted molar refractivity (Wildman–Crippen MR) is 80.4 cm³/mol. The lowest BCUT2D eigenvalue weighted by Crippen LogP contribution is -2.40. The minimum absolute atomic E-state index is 0.359. The van der Waals surface area contributed by atoms with E-state index in [1.54, 1.807) is 0 Å². The highest BCUT2D eigenvalue weighted by Crippen LogP contribution is 2.23. The molecule has 0 radical (unpaired) electrons. The lowest BCUT2D eigenvalue weighted by molar-refractivity contribution is 0.0732. The monoisotopic (exact) mass is 261 g/mol. The molecule has 106 valence electrons. The van der Waals surface area contributed by atoms with E-state index >= 15 is 0 Å². The Hall–Kier alpha value is -0.860. The third-order valence-electron chi connectivity index (χ3n) is 4.34. The molecule has 1 aliphatic heterocycles. The Labute approximate surface area is 117 Å². The molecule has 1 heterocycles. The van der Waals surface area contributed by atoms with Crippen molar-refractivity contribution in [3.05, 3.63) is 35.4 Å². The van der Waals surface area contributed by atoms with Gasteiger partial charge in [0.15, 0.2) is 0 Å². The van der Waals surface area contributed by atoms with E-state index in [9.17, 15) is 5.11 Å². The molecule has 0 saturated carbocycles. The fraction of sp³-hybridized carbons (Fsp3) is 0.647. The number of rotatable bonds is 4. The zero-order valence-electron chi connectivity index (χ0n) is 12.5. The van der Waals surface area contributed by atoms with Crippen molar-refractivity contribution in [3.8, 4) is 0 Å². The van der Waals surface area contributed by atoms with Crippen LogP contribution in [0.5, 0.6) is 0 Å². The number of likely N-dealkylation sites (tertiary alicyclic amines) is 1. The van der Waals surface area contributed by atoms with Gasteiger partial charge in [-0.1, -0.05) is 44.5 Å². The summed E-state index contributed by atoms with van der Waals surface area (Å²) in [6.45, 7) is 8.56. The molecular formula is C17H27NO. The average molecular weight is 261 g/mol. The summed E-state index contributed by atoms with van der Waals surface area (Å²) in [5.41, 5.74) is 2.38. The standard InChI is InChI=1S/C17H27NO/c1-13(2)15-7-9-16(10-8-15)17(19)12-18-11-5-4-6-14(18)3/h7-10,13-14,17,19H,4-6,11-12H2,1-3H3. The zero-order chi connectivity index (χ0) is 13.8. The largest absolute Gasteiger partial charge is 0.387 e. The molecule has 1 aromatic carbocycles. The predicted octanol–water partition coefficient (Wildman–Crippen LogP) is 3.72. The molecule has 1 saturated heterocycles. The van der Waals surface area contributed by atoms with Gasteiger partial charge in [0, 0.05) is 12.6 Å². The molecule has 0 spiro atoms. The van der Waals surface area contributed by atoms with Crippen molar-refractivity contribution >= 4 is 0 Å². The van der Waals surface area contributed by atoms with E-state index in [-0.39, 0.29) is 6.10 Å². The van der Waals surface area contributed by atoms with Crippen molar-refractivity contribution < 1.29 is 5.11 Å². The molecule has 2 nitrogen and oxygen atoms in total. The summed E-state index contributed by atoms with van der Waals surface area (Å²) in [4.78, 5) is 2.42. The molecule has 1 fully saturated rings. The van der Waals surface area contributed by atoms with Crippen LogP contribution in [0, 0.1) is 0 Å². The molecule has 2 atom stereocenters. The third kappa shape index (κ3) is 3.80. The van der Waals surface area contributed by atoms with Crippen LogP contribution >= 0.6 is 0 Å². The Kier molecular flexibility index (Phi) is 5.00. The summed E-state index contributed by atoms with van der Waals surface area (Å²) in [6.07, 6.45) is 3.50. The fourth-order valence-corrected chi connectivity index (χ4v) is 2.86. The topological polar surface area (TPSA) is 23.5 Å². The maximum Gasteiger partial charge on any atom is 0.0917 e. The van der Waals surface area contributed by atoms with Gasteiger partial charge >= 0.3 is 0 Å². The highest BCUT2D eigenvalue weighted by Gasteiger charge is 2.21.